The van der Waals surface area contributed by atoms with E-state index in [9.17, 15) is 13.2 Å². The van der Waals surface area contributed by atoms with Crippen molar-refractivity contribution in [2.24, 2.45) is 0 Å². The van der Waals surface area contributed by atoms with E-state index in [0.29, 0.717) is 5.56 Å². The van der Waals surface area contributed by atoms with Crippen molar-refractivity contribution in [1.82, 2.24) is 4.72 Å². The van der Waals surface area contributed by atoms with Crippen LogP contribution in [0.5, 0.6) is 0 Å². The van der Waals surface area contributed by atoms with Crippen molar-refractivity contribution in [3.8, 4) is 0 Å². The molecule has 0 fully saturated rings. The number of sulfonamides is 1. The van der Waals surface area contributed by atoms with Gasteiger partial charge in [0.1, 0.15) is 9.09 Å². The van der Waals surface area contributed by atoms with E-state index in [-0.39, 0.29) is 28.3 Å². The number of hydrogen-bond acceptors (Lipinski definition) is 5. The molecular weight excluding hydrogens is 290 g/mol. The lowest BCUT2D eigenvalue weighted by atomic mass is 10.3. The van der Waals surface area contributed by atoms with E-state index in [1.54, 1.807) is 6.92 Å². The minimum absolute atomic E-state index is 0.00643. The van der Waals surface area contributed by atoms with Gasteiger partial charge in [-0.1, -0.05) is 0 Å². The molecule has 1 aromatic rings. The Hall–Kier alpha value is -0.960. The van der Waals surface area contributed by atoms with E-state index in [4.69, 9.17) is 9.84 Å². The Morgan fingerprint density at radius 2 is 2.16 bits per heavy atom. The van der Waals surface area contributed by atoms with Crippen LogP contribution >= 0.6 is 11.3 Å². The average Bonchev–Trinajstić information content (AvgIpc) is 2.67. The molecule has 0 unspecified atom stereocenters. The summed E-state index contributed by atoms with van der Waals surface area (Å²) in [6, 6.07) is 1.36. The van der Waals surface area contributed by atoms with Gasteiger partial charge in [0, 0.05) is 6.54 Å². The predicted molar refractivity (Wildman–Crippen MR) is 72.3 cm³/mol. The lowest BCUT2D eigenvalue weighted by molar-refractivity contribution is 0.0701. The maximum absolute atomic E-state index is 11.9. The molecular formula is C11H17NO5S2. The highest BCUT2D eigenvalue weighted by Crippen LogP contribution is 2.25. The molecule has 0 aliphatic carbocycles. The molecule has 0 amide bonds. The smallest absolute Gasteiger partial charge is 0.346 e. The summed E-state index contributed by atoms with van der Waals surface area (Å²) in [5, 5.41) is 8.90. The third kappa shape index (κ3) is 4.57. The van der Waals surface area contributed by atoms with Crippen molar-refractivity contribution in [2.45, 2.75) is 31.1 Å². The van der Waals surface area contributed by atoms with Crippen LogP contribution in [0.15, 0.2) is 10.3 Å². The highest BCUT2D eigenvalue weighted by Gasteiger charge is 2.21. The Labute approximate surface area is 116 Å². The van der Waals surface area contributed by atoms with Crippen LogP contribution < -0.4 is 4.72 Å². The molecule has 1 aromatic heterocycles. The number of nitrogens with one attached hydrogen (secondary N) is 1. The first-order valence-electron chi connectivity index (χ1n) is 5.69. The summed E-state index contributed by atoms with van der Waals surface area (Å²) >= 11 is 0.748. The van der Waals surface area contributed by atoms with Gasteiger partial charge in [-0.15, -0.1) is 11.3 Å². The van der Waals surface area contributed by atoms with Crippen molar-refractivity contribution in [2.75, 3.05) is 13.2 Å². The maximum atomic E-state index is 11.9. The van der Waals surface area contributed by atoms with Gasteiger partial charge in [0.05, 0.1) is 12.7 Å². The van der Waals surface area contributed by atoms with E-state index in [1.165, 1.54) is 6.07 Å². The van der Waals surface area contributed by atoms with Crippen molar-refractivity contribution in [3.05, 3.63) is 16.5 Å². The predicted octanol–water partition coefficient (Wildman–Crippen LogP) is 1.46. The molecule has 6 nitrogen and oxygen atoms in total. The second-order valence-corrected chi connectivity index (χ2v) is 7.25. The monoisotopic (exact) mass is 307 g/mol. The molecule has 0 saturated carbocycles. The highest BCUT2D eigenvalue weighted by atomic mass is 32.2. The zero-order valence-electron chi connectivity index (χ0n) is 11.0. The van der Waals surface area contributed by atoms with Gasteiger partial charge in [0.15, 0.2) is 0 Å². The molecule has 0 atom stereocenters. The van der Waals surface area contributed by atoms with Crippen molar-refractivity contribution in [1.29, 1.82) is 0 Å². The van der Waals surface area contributed by atoms with Crippen LogP contribution in [-0.2, 0) is 14.8 Å². The molecule has 0 bridgehead atoms. The fourth-order valence-corrected chi connectivity index (χ4v) is 3.78. The van der Waals surface area contributed by atoms with Gasteiger partial charge in [-0.25, -0.2) is 17.9 Å². The minimum Gasteiger partial charge on any atom is -0.477 e. The molecule has 1 rings (SSSR count). The van der Waals surface area contributed by atoms with Crippen LogP contribution in [0.3, 0.4) is 0 Å². The fraction of sp³-hybridized carbons (Fsp3) is 0.545. The fourth-order valence-electron chi connectivity index (χ4n) is 1.34. The number of ether oxygens (including phenoxy) is 1. The summed E-state index contributed by atoms with van der Waals surface area (Å²) in [6.45, 7) is 5.71. The van der Waals surface area contributed by atoms with Gasteiger partial charge < -0.3 is 9.84 Å². The standard InChI is InChI=1S/C11H17NO5S2/c1-7(2)17-5-4-12-19(15,16)9-6-8(3)10(18-9)11(13)14/h6-7,12H,4-5H2,1-3H3,(H,13,14). The third-order valence-corrected chi connectivity index (χ3v) is 5.36. The number of thiophene rings is 1. The van der Waals surface area contributed by atoms with Crippen LogP contribution in [-0.4, -0.2) is 38.7 Å². The van der Waals surface area contributed by atoms with Gasteiger partial charge in [-0.2, -0.15) is 0 Å². The molecule has 1 heterocycles. The summed E-state index contributed by atoms with van der Waals surface area (Å²) < 4.78 is 31.4. The SMILES string of the molecule is Cc1cc(S(=O)(=O)NCCOC(C)C)sc1C(=O)O. The maximum Gasteiger partial charge on any atom is 0.346 e. The van der Waals surface area contributed by atoms with Crippen molar-refractivity contribution < 1.29 is 23.1 Å². The van der Waals surface area contributed by atoms with Gasteiger partial charge in [-0.05, 0) is 32.4 Å². The molecule has 8 heteroatoms. The molecule has 2 N–H and O–H groups in total. The topological polar surface area (TPSA) is 92.7 Å². The molecule has 0 aromatic carbocycles. The first kappa shape index (κ1) is 16.1. The van der Waals surface area contributed by atoms with Gasteiger partial charge in [-0.3, -0.25) is 0 Å². The summed E-state index contributed by atoms with van der Waals surface area (Å²) in [7, 11) is -3.67. The number of rotatable bonds is 7. The molecule has 0 aliphatic rings. The Kier molecular flexibility index (Phi) is 5.48. The van der Waals surface area contributed by atoms with Gasteiger partial charge in [0.25, 0.3) is 0 Å². The summed E-state index contributed by atoms with van der Waals surface area (Å²) in [6.07, 6.45) is 0.0344. The van der Waals surface area contributed by atoms with E-state index in [1.807, 2.05) is 13.8 Å². The van der Waals surface area contributed by atoms with Crippen LogP contribution in [0.1, 0.15) is 29.1 Å². The van der Waals surface area contributed by atoms with E-state index in [0.717, 1.165) is 11.3 Å². The number of aromatic carboxylic acids is 1. The van der Waals surface area contributed by atoms with E-state index in [2.05, 4.69) is 4.72 Å². The second kappa shape index (κ2) is 6.47. The number of hydrogen-bond donors (Lipinski definition) is 2. The number of carboxylic acid groups (broad SMARTS) is 1. The quantitative estimate of drug-likeness (QED) is 0.744. The first-order valence-corrected chi connectivity index (χ1v) is 7.99. The summed E-state index contributed by atoms with van der Waals surface area (Å²) in [5.41, 5.74) is 0.441. The van der Waals surface area contributed by atoms with Gasteiger partial charge >= 0.3 is 5.97 Å². The zero-order chi connectivity index (χ0) is 14.6. The Bertz CT molecular complexity index is 547. The lowest BCUT2D eigenvalue weighted by Gasteiger charge is -2.08. The number of aryl methyl sites for hydroxylation is 1. The minimum atomic E-state index is -3.67. The molecule has 0 spiro atoms. The zero-order valence-corrected chi connectivity index (χ0v) is 12.6. The van der Waals surface area contributed by atoms with E-state index >= 15 is 0 Å². The average molecular weight is 307 g/mol. The summed E-state index contributed by atoms with van der Waals surface area (Å²) in [5.74, 6) is -1.12. The molecule has 19 heavy (non-hydrogen) atoms. The van der Waals surface area contributed by atoms with Crippen molar-refractivity contribution >= 4 is 27.3 Å². The normalized spacial score (nSPS) is 12.0. The lowest BCUT2D eigenvalue weighted by Crippen LogP contribution is -2.27. The molecule has 0 saturated heterocycles. The summed E-state index contributed by atoms with van der Waals surface area (Å²) in [4.78, 5) is 10.9. The van der Waals surface area contributed by atoms with Crippen molar-refractivity contribution in [3.63, 3.8) is 0 Å². The Morgan fingerprint density at radius 1 is 1.53 bits per heavy atom. The third-order valence-electron chi connectivity index (χ3n) is 2.20. The highest BCUT2D eigenvalue weighted by molar-refractivity contribution is 7.91. The number of carbonyl (C=O) groups is 1. The Morgan fingerprint density at radius 3 is 2.63 bits per heavy atom. The second-order valence-electron chi connectivity index (χ2n) is 4.20. The Balaban J connectivity index is 2.72. The van der Waals surface area contributed by atoms with Crippen LogP contribution in [0.25, 0.3) is 0 Å². The van der Waals surface area contributed by atoms with Crippen LogP contribution in [0.2, 0.25) is 0 Å². The van der Waals surface area contributed by atoms with Crippen LogP contribution in [0, 0.1) is 6.92 Å². The molecule has 108 valence electrons. The largest absolute Gasteiger partial charge is 0.477 e. The van der Waals surface area contributed by atoms with Crippen LogP contribution in [0.4, 0.5) is 0 Å². The molecule has 0 aliphatic heterocycles. The van der Waals surface area contributed by atoms with Gasteiger partial charge in [0.2, 0.25) is 10.0 Å². The van der Waals surface area contributed by atoms with E-state index < -0.39 is 16.0 Å². The number of carboxylic acids is 1. The molecule has 0 radical (unpaired) electrons. The first-order chi connectivity index (χ1) is 8.74.